The standard InChI is InChI=1S/C22H25NO/c1-16-5-7-17(8-6-16)9-10-18-11-12-20-19(15-18)21(23-24-4)13-14-22(20,2)3/h5-12,15H,13-14H2,1-4H3/b10-9+,23-21+. The monoisotopic (exact) mass is 319 g/mol. The molecule has 0 spiro atoms. The third kappa shape index (κ3) is 3.43. The van der Waals surface area contributed by atoms with Gasteiger partial charge in [-0.2, -0.15) is 0 Å². The summed E-state index contributed by atoms with van der Waals surface area (Å²) < 4.78 is 0. The summed E-state index contributed by atoms with van der Waals surface area (Å²) in [5.41, 5.74) is 7.50. The number of nitrogens with zero attached hydrogens (tertiary/aromatic N) is 1. The van der Waals surface area contributed by atoms with Crippen molar-refractivity contribution in [2.45, 2.75) is 39.0 Å². The van der Waals surface area contributed by atoms with Crippen LogP contribution < -0.4 is 0 Å². The first-order valence-electron chi connectivity index (χ1n) is 8.49. The van der Waals surface area contributed by atoms with Crippen LogP contribution in [-0.2, 0) is 10.3 Å². The van der Waals surface area contributed by atoms with Gasteiger partial charge in [0.2, 0.25) is 0 Å². The predicted molar refractivity (Wildman–Crippen MR) is 102 cm³/mol. The second-order valence-electron chi connectivity index (χ2n) is 7.15. The maximum absolute atomic E-state index is 5.06. The van der Waals surface area contributed by atoms with E-state index in [0.29, 0.717) is 0 Å². The molecule has 1 aliphatic carbocycles. The van der Waals surface area contributed by atoms with Gasteiger partial charge in [0.15, 0.2) is 0 Å². The van der Waals surface area contributed by atoms with Crippen LogP contribution in [0.5, 0.6) is 0 Å². The van der Waals surface area contributed by atoms with Crippen molar-refractivity contribution < 1.29 is 4.84 Å². The van der Waals surface area contributed by atoms with Crippen LogP contribution in [0.15, 0.2) is 47.6 Å². The number of hydrogen-bond acceptors (Lipinski definition) is 2. The molecule has 3 rings (SSSR count). The van der Waals surface area contributed by atoms with Crippen molar-refractivity contribution >= 4 is 17.9 Å². The van der Waals surface area contributed by atoms with E-state index in [1.165, 1.54) is 27.8 Å². The molecule has 0 atom stereocenters. The molecule has 2 nitrogen and oxygen atoms in total. The van der Waals surface area contributed by atoms with Crippen molar-refractivity contribution in [2.24, 2.45) is 5.16 Å². The van der Waals surface area contributed by atoms with E-state index in [0.717, 1.165) is 18.6 Å². The van der Waals surface area contributed by atoms with Gasteiger partial charge in [-0.3, -0.25) is 0 Å². The summed E-state index contributed by atoms with van der Waals surface area (Å²) >= 11 is 0. The van der Waals surface area contributed by atoms with E-state index in [2.05, 4.69) is 80.5 Å². The smallest absolute Gasteiger partial charge is 0.106 e. The van der Waals surface area contributed by atoms with Crippen molar-refractivity contribution in [1.29, 1.82) is 0 Å². The second-order valence-corrected chi connectivity index (χ2v) is 7.15. The van der Waals surface area contributed by atoms with Gasteiger partial charge in [0.25, 0.3) is 0 Å². The van der Waals surface area contributed by atoms with Gasteiger partial charge < -0.3 is 4.84 Å². The van der Waals surface area contributed by atoms with Gasteiger partial charge in [-0.25, -0.2) is 0 Å². The Balaban J connectivity index is 1.95. The molecular weight excluding hydrogens is 294 g/mol. The fourth-order valence-corrected chi connectivity index (χ4v) is 3.27. The van der Waals surface area contributed by atoms with Crippen LogP contribution in [0.25, 0.3) is 12.2 Å². The lowest BCUT2D eigenvalue weighted by Gasteiger charge is -2.33. The topological polar surface area (TPSA) is 21.6 Å². The molecule has 0 heterocycles. The zero-order chi connectivity index (χ0) is 17.2. The molecule has 0 radical (unpaired) electrons. The highest BCUT2D eigenvalue weighted by atomic mass is 16.6. The Morgan fingerprint density at radius 3 is 2.38 bits per heavy atom. The van der Waals surface area contributed by atoms with E-state index in [1.807, 2.05) is 0 Å². The van der Waals surface area contributed by atoms with Gasteiger partial charge in [0, 0.05) is 5.56 Å². The summed E-state index contributed by atoms with van der Waals surface area (Å²) in [5, 5.41) is 4.25. The zero-order valence-corrected chi connectivity index (χ0v) is 15.0. The number of benzene rings is 2. The lowest BCUT2D eigenvalue weighted by atomic mass is 9.71. The predicted octanol–water partition coefficient (Wildman–Crippen LogP) is 5.59. The number of oxime groups is 1. The van der Waals surface area contributed by atoms with Crippen LogP contribution in [-0.4, -0.2) is 12.8 Å². The molecule has 2 heteroatoms. The number of aryl methyl sites for hydroxylation is 1. The average Bonchev–Trinajstić information content (AvgIpc) is 2.57. The summed E-state index contributed by atoms with van der Waals surface area (Å²) in [6.07, 6.45) is 6.37. The first-order valence-corrected chi connectivity index (χ1v) is 8.49. The van der Waals surface area contributed by atoms with Crippen molar-refractivity contribution in [3.63, 3.8) is 0 Å². The molecular formula is C22H25NO. The minimum absolute atomic E-state index is 0.182. The Labute approximate surface area is 144 Å². The van der Waals surface area contributed by atoms with Crippen LogP contribution in [0.1, 0.15) is 54.5 Å². The summed E-state index contributed by atoms with van der Waals surface area (Å²) in [7, 11) is 1.62. The Morgan fingerprint density at radius 2 is 1.67 bits per heavy atom. The van der Waals surface area contributed by atoms with Gasteiger partial charge in [-0.05, 0) is 47.9 Å². The molecule has 124 valence electrons. The highest BCUT2D eigenvalue weighted by Gasteiger charge is 2.30. The van der Waals surface area contributed by atoms with Crippen LogP contribution in [0, 0.1) is 6.92 Å². The van der Waals surface area contributed by atoms with Crippen molar-refractivity contribution in [3.05, 3.63) is 70.3 Å². The largest absolute Gasteiger partial charge is 0.399 e. The first-order chi connectivity index (χ1) is 11.5. The van der Waals surface area contributed by atoms with E-state index >= 15 is 0 Å². The Bertz CT molecular complexity index is 782. The summed E-state index contributed by atoms with van der Waals surface area (Å²) in [5.74, 6) is 0. The van der Waals surface area contributed by atoms with Gasteiger partial charge in [0.05, 0.1) is 5.71 Å². The minimum Gasteiger partial charge on any atom is -0.399 e. The number of rotatable bonds is 3. The molecule has 24 heavy (non-hydrogen) atoms. The zero-order valence-electron chi connectivity index (χ0n) is 15.0. The number of hydrogen-bond donors (Lipinski definition) is 0. The Hall–Kier alpha value is -2.35. The molecule has 0 amide bonds. The van der Waals surface area contributed by atoms with Crippen LogP contribution in [0.3, 0.4) is 0 Å². The molecule has 0 N–H and O–H groups in total. The Morgan fingerprint density at radius 1 is 1.00 bits per heavy atom. The second kappa shape index (κ2) is 6.64. The third-order valence-electron chi connectivity index (χ3n) is 4.82. The normalized spacial score (nSPS) is 17.9. The van der Waals surface area contributed by atoms with Crippen molar-refractivity contribution in [3.8, 4) is 0 Å². The van der Waals surface area contributed by atoms with Crippen LogP contribution >= 0.6 is 0 Å². The fraction of sp³-hybridized carbons (Fsp3) is 0.318. The highest BCUT2D eigenvalue weighted by Crippen LogP contribution is 2.37. The van der Waals surface area contributed by atoms with Crippen LogP contribution in [0.2, 0.25) is 0 Å². The minimum atomic E-state index is 0.182. The molecule has 0 saturated carbocycles. The van der Waals surface area contributed by atoms with Crippen molar-refractivity contribution in [2.75, 3.05) is 7.11 Å². The van der Waals surface area contributed by atoms with E-state index in [-0.39, 0.29) is 5.41 Å². The average molecular weight is 319 g/mol. The van der Waals surface area contributed by atoms with Crippen LogP contribution in [0.4, 0.5) is 0 Å². The molecule has 0 bridgehead atoms. The number of fused-ring (bicyclic) bond motifs is 1. The first kappa shape index (κ1) is 16.5. The molecule has 0 aromatic heterocycles. The third-order valence-corrected chi connectivity index (χ3v) is 4.82. The molecule has 1 aliphatic rings. The molecule has 2 aromatic carbocycles. The lowest BCUT2D eigenvalue weighted by molar-refractivity contribution is 0.212. The molecule has 0 unspecified atom stereocenters. The fourth-order valence-electron chi connectivity index (χ4n) is 3.27. The van der Waals surface area contributed by atoms with E-state index in [4.69, 9.17) is 4.84 Å². The highest BCUT2D eigenvalue weighted by molar-refractivity contribution is 6.03. The van der Waals surface area contributed by atoms with Gasteiger partial charge >= 0.3 is 0 Å². The maximum Gasteiger partial charge on any atom is 0.106 e. The molecule has 2 aromatic rings. The molecule has 0 fully saturated rings. The summed E-state index contributed by atoms with van der Waals surface area (Å²) in [6.45, 7) is 6.71. The van der Waals surface area contributed by atoms with E-state index in [9.17, 15) is 0 Å². The maximum atomic E-state index is 5.06. The quantitative estimate of drug-likeness (QED) is 0.534. The Kier molecular flexibility index (Phi) is 4.57. The van der Waals surface area contributed by atoms with Crippen molar-refractivity contribution in [1.82, 2.24) is 0 Å². The lowest BCUT2D eigenvalue weighted by Crippen LogP contribution is -2.27. The molecule has 0 saturated heterocycles. The summed E-state index contributed by atoms with van der Waals surface area (Å²) in [6, 6.07) is 15.2. The SMILES string of the molecule is CO/N=C1\CCC(C)(C)c2ccc(/C=C/c3ccc(C)cc3)cc21. The summed E-state index contributed by atoms with van der Waals surface area (Å²) in [4.78, 5) is 5.06. The van der Waals surface area contributed by atoms with Gasteiger partial charge in [0.1, 0.15) is 7.11 Å². The van der Waals surface area contributed by atoms with E-state index in [1.54, 1.807) is 7.11 Å². The van der Waals surface area contributed by atoms with Gasteiger partial charge in [-0.1, -0.05) is 73.1 Å². The van der Waals surface area contributed by atoms with E-state index < -0.39 is 0 Å². The van der Waals surface area contributed by atoms with Gasteiger partial charge in [-0.15, -0.1) is 0 Å². The molecule has 0 aliphatic heterocycles.